The Bertz CT molecular complexity index is 556. The summed E-state index contributed by atoms with van der Waals surface area (Å²) >= 11 is 0. The Kier molecular flexibility index (Phi) is 5.60. The number of carbonyl (C=O) groups is 1. The Morgan fingerprint density at radius 1 is 1.30 bits per heavy atom. The molecule has 2 atom stereocenters. The third-order valence-electron chi connectivity index (χ3n) is 2.65. The Hall–Kier alpha value is -1.99. The number of para-hydroxylation sites is 1. The summed E-state index contributed by atoms with van der Waals surface area (Å²) < 4.78 is 1.59. The van der Waals surface area contributed by atoms with E-state index >= 15 is 0 Å². The van der Waals surface area contributed by atoms with E-state index in [1.54, 1.807) is 11.6 Å². The van der Waals surface area contributed by atoms with Crippen molar-refractivity contribution in [1.29, 1.82) is 0 Å². The number of halogens is 1. The van der Waals surface area contributed by atoms with Gasteiger partial charge in [0.1, 0.15) is 0 Å². The molecule has 108 valence electrons. The summed E-state index contributed by atoms with van der Waals surface area (Å²) in [5.74, 6) is 0.315. The highest BCUT2D eigenvalue weighted by Crippen LogP contribution is 2.13. The van der Waals surface area contributed by atoms with Gasteiger partial charge >= 0.3 is 0 Å². The van der Waals surface area contributed by atoms with Crippen LogP contribution in [0.15, 0.2) is 30.3 Å². The zero-order valence-corrected chi connectivity index (χ0v) is 12.0. The molecular weight excluding hydrogens is 280 g/mol. The topological polar surface area (TPSA) is 98.7 Å². The number of rotatable bonds is 4. The van der Waals surface area contributed by atoms with Gasteiger partial charge in [-0.3, -0.25) is 4.79 Å². The van der Waals surface area contributed by atoms with Crippen LogP contribution in [0.2, 0.25) is 0 Å². The van der Waals surface area contributed by atoms with E-state index in [0.29, 0.717) is 5.82 Å². The molecule has 0 saturated heterocycles. The lowest BCUT2D eigenvalue weighted by molar-refractivity contribution is -0.122. The maximum absolute atomic E-state index is 11.6. The SMILES string of the molecule is CC(NC(=O)[C@@H](C)N)c1nnnn1-c1ccccc1.Cl. The van der Waals surface area contributed by atoms with Crippen molar-refractivity contribution in [3.8, 4) is 5.69 Å². The van der Waals surface area contributed by atoms with Gasteiger partial charge < -0.3 is 11.1 Å². The molecule has 1 amide bonds. The molecule has 1 aromatic heterocycles. The van der Waals surface area contributed by atoms with Crippen molar-refractivity contribution in [2.45, 2.75) is 25.9 Å². The number of hydrogen-bond donors (Lipinski definition) is 2. The highest BCUT2D eigenvalue weighted by atomic mass is 35.5. The van der Waals surface area contributed by atoms with Crippen LogP contribution in [0, 0.1) is 0 Å². The Balaban J connectivity index is 0.00000200. The number of nitrogens with zero attached hydrogens (tertiary/aromatic N) is 4. The zero-order chi connectivity index (χ0) is 13.8. The number of amides is 1. The highest BCUT2D eigenvalue weighted by molar-refractivity contribution is 5.85. The molecule has 0 radical (unpaired) electrons. The lowest BCUT2D eigenvalue weighted by Gasteiger charge is -2.15. The molecule has 20 heavy (non-hydrogen) atoms. The van der Waals surface area contributed by atoms with Gasteiger partial charge in [0, 0.05) is 0 Å². The molecule has 0 bridgehead atoms. The standard InChI is InChI=1S/C12H16N6O.ClH/c1-8(13)12(19)14-9(2)11-15-16-17-18(11)10-6-4-3-5-7-10;/h3-9H,13H2,1-2H3,(H,14,19);1H/t8-,9?;/m1./s1. The van der Waals surface area contributed by atoms with Crippen LogP contribution in [-0.4, -0.2) is 32.2 Å². The van der Waals surface area contributed by atoms with E-state index in [4.69, 9.17) is 5.73 Å². The second-order valence-corrected chi connectivity index (χ2v) is 4.30. The number of hydrogen-bond acceptors (Lipinski definition) is 5. The molecule has 1 unspecified atom stereocenters. The van der Waals surface area contributed by atoms with Crippen molar-refractivity contribution in [1.82, 2.24) is 25.5 Å². The van der Waals surface area contributed by atoms with Crippen molar-refractivity contribution >= 4 is 18.3 Å². The molecule has 0 aliphatic heterocycles. The molecule has 1 aromatic carbocycles. The van der Waals surface area contributed by atoms with Gasteiger partial charge in [0.2, 0.25) is 5.91 Å². The van der Waals surface area contributed by atoms with Gasteiger partial charge in [-0.25, -0.2) is 0 Å². The summed E-state index contributed by atoms with van der Waals surface area (Å²) in [5, 5.41) is 14.3. The fraction of sp³-hybridized carbons (Fsp3) is 0.333. The van der Waals surface area contributed by atoms with E-state index in [2.05, 4.69) is 20.8 Å². The predicted molar refractivity (Wildman–Crippen MR) is 76.6 cm³/mol. The molecular formula is C12H17ClN6O. The fourth-order valence-electron chi connectivity index (χ4n) is 1.63. The summed E-state index contributed by atoms with van der Waals surface area (Å²) in [6.45, 7) is 3.44. The van der Waals surface area contributed by atoms with E-state index in [-0.39, 0.29) is 24.4 Å². The van der Waals surface area contributed by atoms with Crippen molar-refractivity contribution in [3.63, 3.8) is 0 Å². The van der Waals surface area contributed by atoms with Crippen LogP contribution in [0.25, 0.3) is 5.69 Å². The molecule has 7 nitrogen and oxygen atoms in total. The number of benzene rings is 1. The van der Waals surface area contributed by atoms with Crippen LogP contribution in [0.3, 0.4) is 0 Å². The third-order valence-corrected chi connectivity index (χ3v) is 2.65. The van der Waals surface area contributed by atoms with Gasteiger partial charge in [0.25, 0.3) is 0 Å². The molecule has 1 heterocycles. The quantitative estimate of drug-likeness (QED) is 0.861. The number of nitrogens with one attached hydrogen (secondary N) is 1. The van der Waals surface area contributed by atoms with Gasteiger partial charge in [0.15, 0.2) is 5.82 Å². The minimum atomic E-state index is -0.566. The van der Waals surface area contributed by atoms with E-state index in [1.165, 1.54) is 0 Å². The Morgan fingerprint density at radius 3 is 2.55 bits per heavy atom. The Labute approximate surface area is 123 Å². The smallest absolute Gasteiger partial charge is 0.237 e. The normalized spacial score (nSPS) is 13.2. The van der Waals surface area contributed by atoms with Crippen molar-refractivity contribution in [3.05, 3.63) is 36.2 Å². The lowest BCUT2D eigenvalue weighted by atomic mass is 10.2. The third kappa shape index (κ3) is 3.52. The largest absolute Gasteiger partial charge is 0.345 e. The summed E-state index contributed by atoms with van der Waals surface area (Å²) in [5.41, 5.74) is 6.35. The fourth-order valence-corrected chi connectivity index (χ4v) is 1.63. The number of tetrazole rings is 1. The van der Waals surface area contributed by atoms with Crippen LogP contribution in [0.1, 0.15) is 25.7 Å². The molecule has 3 N–H and O–H groups in total. The van der Waals surface area contributed by atoms with Crippen LogP contribution < -0.4 is 11.1 Å². The first kappa shape index (κ1) is 16.1. The van der Waals surface area contributed by atoms with Crippen molar-refractivity contribution in [2.75, 3.05) is 0 Å². The molecule has 2 aromatic rings. The van der Waals surface area contributed by atoms with Crippen LogP contribution in [0.4, 0.5) is 0 Å². The average molecular weight is 297 g/mol. The molecule has 2 rings (SSSR count). The summed E-state index contributed by atoms with van der Waals surface area (Å²) in [6, 6.07) is 8.59. The molecule has 0 spiro atoms. The molecule has 0 aliphatic carbocycles. The average Bonchev–Trinajstić information content (AvgIpc) is 2.88. The van der Waals surface area contributed by atoms with Crippen LogP contribution >= 0.6 is 12.4 Å². The second-order valence-electron chi connectivity index (χ2n) is 4.30. The first-order chi connectivity index (χ1) is 9.09. The molecule has 0 fully saturated rings. The van der Waals surface area contributed by atoms with Gasteiger partial charge in [-0.1, -0.05) is 18.2 Å². The lowest BCUT2D eigenvalue weighted by Crippen LogP contribution is -2.40. The summed E-state index contributed by atoms with van der Waals surface area (Å²) in [7, 11) is 0. The van der Waals surface area contributed by atoms with Crippen LogP contribution in [0.5, 0.6) is 0 Å². The number of nitrogens with two attached hydrogens (primary N) is 1. The van der Waals surface area contributed by atoms with E-state index in [1.807, 2.05) is 37.3 Å². The van der Waals surface area contributed by atoms with E-state index in [0.717, 1.165) is 5.69 Å². The van der Waals surface area contributed by atoms with Crippen molar-refractivity contribution in [2.24, 2.45) is 5.73 Å². The van der Waals surface area contributed by atoms with Crippen LogP contribution in [-0.2, 0) is 4.79 Å². The van der Waals surface area contributed by atoms with E-state index < -0.39 is 6.04 Å². The molecule has 0 saturated carbocycles. The number of carbonyl (C=O) groups excluding carboxylic acids is 1. The van der Waals surface area contributed by atoms with Gasteiger partial charge in [-0.05, 0) is 36.4 Å². The van der Waals surface area contributed by atoms with Gasteiger partial charge in [-0.15, -0.1) is 17.5 Å². The highest BCUT2D eigenvalue weighted by Gasteiger charge is 2.19. The number of aromatic nitrogens is 4. The minimum absolute atomic E-state index is 0. The zero-order valence-electron chi connectivity index (χ0n) is 11.2. The van der Waals surface area contributed by atoms with E-state index in [9.17, 15) is 4.79 Å². The summed E-state index contributed by atoms with van der Waals surface area (Å²) in [6.07, 6.45) is 0. The van der Waals surface area contributed by atoms with Gasteiger partial charge in [0.05, 0.1) is 17.8 Å². The molecule has 0 aliphatic rings. The van der Waals surface area contributed by atoms with Gasteiger partial charge in [-0.2, -0.15) is 4.68 Å². The second kappa shape index (κ2) is 6.97. The maximum atomic E-state index is 11.6. The molecule has 8 heteroatoms. The Morgan fingerprint density at radius 2 is 1.95 bits per heavy atom. The minimum Gasteiger partial charge on any atom is -0.345 e. The summed E-state index contributed by atoms with van der Waals surface area (Å²) in [4.78, 5) is 11.6. The van der Waals surface area contributed by atoms with Crippen molar-refractivity contribution < 1.29 is 4.79 Å². The monoisotopic (exact) mass is 296 g/mol. The first-order valence-corrected chi connectivity index (χ1v) is 5.99. The maximum Gasteiger partial charge on any atom is 0.237 e. The first-order valence-electron chi connectivity index (χ1n) is 5.99. The predicted octanol–water partition coefficient (Wildman–Crippen LogP) is 0.609.